The summed E-state index contributed by atoms with van der Waals surface area (Å²) in [6, 6.07) is 19.5. The Morgan fingerprint density at radius 3 is 1.94 bits per heavy atom. The molecule has 0 saturated carbocycles. The molecule has 0 heterocycles. The lowest BCUT2D eigenvalue weighted by Crippen LogP contribution is -2.07. The molecule has 0 N–H and O–H groups in total. The topological polar surface area (TPSA) is 46.2 Å². The first-order valence-electron chi connectivity index (χ1n) is 11.0. The van der Waals surface area contributed by atoms with Crippen LogP contribution in [0.2, 0.25) is 0 Å². The first kappa shape index (κ1) is 22.9. The van der Waals surface area contributed by atoms with Gasteiger partial charge in [-0.2, -0.15) is 0 Å². The van der Waals surface area contributed by atoms with E-state index in [0.29, 0.717) is 30.5 Å². The molecule has 0 spiro atoms. The fraction of sp³-hybridized carbons (Fsp3) is 0.385. The maximum absolute atomic E-state index is 6.18. The van der Waals surface area contributed by atoms with Crippen LogP contribution < -0.4 is 14.2 Å². The highest BCUT2D eigenvalue weighted by Crippen LogP contribution is 2.43. The van der Waals surface area contributed by atoms with E-state index in [-0.39, 0.29) is 13.6 Å². The van der Waals surface area contributed by atoms with Crippen LogP contribution >= 0.6 is 0 Å². The van der Waals surface area contributed by atoms with Gasteiger partial charge in [-0.3, -0.25) is 0 Å². The molecular weight excluding hydrogens is 392 g/mol. The van der Waals surface area contributed by atoms with E-state index in [1.54, 1.807) is 0 Å². The summed E-state index contributed by atoms with van der Waals surface area (Å²) in [5, 5.41) is 1.84. The van der Waals surface area contributed by atoms with Gasteiger partial charge in [-0.15, -0.1) is 0 Å². The van der Waals surface area contributed by atoms with Crippen LogP contribution in [0.15, 0.2) is 60.7 Å². The van der Waals surface area contributed by atoms with Crippen LogP contribution in [-0.2, 0) is 9.47 Å². The van der Waals surface area contributed by atoms with Crippen molar-refractivity contribution in [3.05, 3.63) is 60.7 Å². The molecule has 0 atom stereocenters. The number of rotatable bonds is 14. The van der Waals surface area contributed by atoms with Crippen molar-refractivity contribution < 1.29 is 23.7 Å². The predicted octanol–water partition coefficient (Wildman–Crippen LogP) is 6.94. The smallest absolute Gasteiger partial charge is 0.189 e. The molecule has 0 saturated heterocycles. The van der Waals surface area contributed by atoms with Crippen molar-refractivity contribution in [1.82, 2.24) is 0 Å². The molecule has 5 heteroatoms. The Labute approximate surface area is 184 Å². The maximum atomic E-state index is 6.18. The Morgan fingerprint density at radius 1 is 0.645 bits per heavy atom. The summed E-state index contributed by atoms with van der Waals surface area (Å²) in [5.74, 6) is 2.62. The van der Waals surface area contributed by atoms with Gasteiger partial charge >= 0.3 is 0 Å². The number of fused-ring (bicyclic) bond motifs is 1. The largest absolute Gasteiger partial charge is 0.467 e. The van der Waals surface area contributed by atoms with Gasteiger partial charge in [0.15, 0.2) is 25.1 Å². The van der Waals surface area contributed by atoms with Crippen LogP contribution in [0.4, 0.5) is 0 Å². The second-order valence-electron chi connectivity index (χ2n) is 7.21. The standard InChI is InChI=1S/C26H32O5/c1-3-5-16-27-19-29-24-18-25(31-21-12-8-7-9-13-21)26(30-20-28-17-6-4-2)23-15-11-10-14-22(23)24/h7-15,18H,3-6,16-17,19-20H2,1-2H3. The first-order valence-corrected chi connectivity index (χ1v) is 11.0. The van der Waals surface area contributed by atoms with Gasteiger partial charge in [0.1, 0.15) is 11.5 Å². The van der Waals surface area contributed by atoms with Crippen molar-refractivity contribution in [2.75, 3.05) is 26.8 Å². The van der Waals surface area contributed by atoms with Crippen LogP contribution in [-0.4, -0.2) is 26.8 Å². The lowest BCUT2D eigenvalue weighted by Gasteiger charge is -2.18. The highest BCUT2D eigenvalue weighted by Gasteiger charge is 2.17. The summed E-state index contributed by atoms with van der Waals surface area (Å²) in [6.07, 6.45) is 4.18. The Balaban J connectivity index is 1.88. The Morgan fingerprint density at radius 2 is 1.26 bits per heavy atom. The molecular formula is C26H32O5. The molecule has 0 aromatic heterocycles. The molecule has 0 aliphatic rings. The average molecular weight is 425 g/mol. The van der Waals surface area contributed by atoms with E-state index in [1.807, 2.05) is 60.7 Å². The van der Waals surface area contributed by atoms with Crippen LogP contribution in [0.1, 0.15) is 39.5 Å². The van der Waals surface area contributed by atoms with Gasteiger partial charge in [-0.25, -0.2) is 0 Å². The maximum Gasteiger partial charge on any atom is 0.189 e. The fourth-order valence-corrected chi connectivity index (χ4v) is 3.07. The molecule has 0 unspecified atom stereocenters. The zero-order valence-electron chi connectivity index (χ0n) is 18.5. The van der Waals surface area contributed by atoms with E-state index in [9.17, 15) is 0 Å². The quantitative estimate of drug-likeness (QED) is 0.207. The molecule has 166 valence electrons. The molecule has 0 amide bonds. The number of hydrogen-bond donors (Lipinski definition) is 0. The zero-order valence-corrected chi connectivity index (χ0v) is 18.5. The van der Waals surface area contributed by atoms with Gasteiger partial charge in [0.05, 0.1) is 13.2 Å². The van der Waals surface area contributed by atoms with E-state index in [1.165, 1.54) is 0 Å². The Bertz CT molecular complexity index is 910. The minimum atomic E-state index is 0.162. The molecule has 3 aromatic carbocycles. The third kappa shape index (κ3) is 6.88. The van der Waals surface area contributed by atoms with E-state index < -0.39 is 0 Å². The average Bonchev–Trinajstić information content (AvgIpc) is 2.81. The predicted molar refractivity (Wildman–Crippen MR) is 123 cm³/mol. The summed E-state index contributed by atoms with van der Waals surface area (Å²) < 4.78 is 29.4. The number of para-hydroxylation sites is 1. The molecule has 0 fully saturated rings. The molecule has 5 nitrogen and oxygen atoms in total. The van der Waals surface area contributed by atoms with Gasteiger partial charge in [0, 0.05) is 16.8 Å². The molecule has 0 aliphatic heterocycles. The number of hydrogen-bond acceptors (Lipinski definition) is 5. The van der Waals surface area contributed by atoms with Crippen molar-refractivity contribution in [2.45, 2.75) is 39.5 Å². The summed E-state index contributed by atoms with van der Waals surface area (Å²) >= 11 is 0. The Kier molecular flexibility index (Phi) is 9.48. The van der Waals surface area contributed by atoms with E-state index in [4.69, 9.17) is 23.7 Å². The lowest BCUT2D eigenvalue weighted by molar-refractivity contribution is 0.0122. The van der Waals surface area contributed by atoms with Gasteiger partial charge in [-0.05, 0) is 25.0 Å². The molecule has 0 bridgehead atoms. The summed E-state index contributed by atoms with van der Waals surface area (Å²) in [4.78, 5) is 0. The highest BCUT2D eigenvalue weighted by molar-refractivity contribution is 5.95. The van der Waals surface area contributed by atoms with E-state index in [0.717, 1.165) is 42.2 Å². The second kappa shape index (κ2) is 12.8. The highest BCUT2D eigenvalue weighted by atomic mass is 16.7. The van der Waals surface area contributed by atoms with E-state index in [2.05, 4.69) is 13.8 Å². The third-order valence-electron chi connectivity index (χ3n) is 4.76. The number of ether oxygens (including phenoxy) is 5. The first-order chi connectivity index (χ1) is 15.3. The van der Waals surface area contributed by atoms with Crippen molar-refractivity contribution in [3.8, 4) is 23.0 Å². The summed E-state index contributed by atoms with van der Waals surface area (Å²) in [7, 11) is 0. The summed E-state index contributed by atoms with van der Waals surface area (Å²) in [6.45, 7) is 5.96. The second-order valence-corrected chi connectivity index (χ2v) is 7.21. The van der Waals surface area contributed by atoms with Crippen LogP contribution in [0, 0.1) is 0 Å². The number of benzene rings is 3. The normalized spacial score (nSPS) is 10.9. The van der Waals surface area contributed by atoms with Gasteiger partial charge < -0.3 is 23.7 Å². The van der Waals surface area contributed by atoms with Crippen molar-refractivity contribution in [3.63, 3.8) is 0 Å². The minimum Gasteiger partial charge on any atom is -0.467 e. The lowest BCUT2D eigenvalue weighted by atomic mass is 10.1. The van der Waals surface area contributed by atoms with Crippen LogP contribution in [0.5, 0.6) is 23.0 Å². The van der Waals surface area contributed by atoms with Crippen molar-refractivity contribution in [2.24, 2.45) is 0 Å². The van der Waals surface area contributed by atoms with Crippen molar-refractivity contribution >= 4 is 10.8 Å². The SMILES string of the molecule is CCCCOCOc1cc(Oc2ccccc2)c(OCOCCCC)c2ccccc12. The third-order valence-corrected chi connectivity index (χ3v) is 4.76. The monoisotopic (exact) mass is 424 g/mol. The molecule has 0 aliphatic carbocycles. The zero-order chi connectivity index (χ0) is 21.7. The summed E-state index contributed by atoms with van der Waals surface area (Å²) in [5.41, 5.74) is 0. The molecule has 3 aromatic rings. The van der Waals surface area contributed by atoms with Gasteiger partial charge in [0.25, 0.3) is 0 Å². The molecule has 31 heavy (non-hydrogen) atoms. The molecule has 0 radical (unpaired) electrons. The van der Waals surface area contributed by atoms with Crippen LogP contribution in [0.25, 0.3) is 10.8 Å². The Hall–Kier alpha value is -2.76. The van der Waals surface area contributed by atoms with Gasteiger partial charge in [-0.1, -0.05) is 69.2 Å². The van der Waals surface area contributed by atoms with Crippen molar-refractivity contribution in [1.29, 1.82) is 0 Å². The molecule has 3 rings (SSSR count). The minimum absolute atomic E-state index is 0.162. The fourth-order valence-electron chi connectivity index (χ4n) is 3.07. The van der Waals surface area contributed by atoms with Gasteiger partial charge in [0.2, 0.25) is 0 Å². The number of unbranched alkanes of at least 4 members (excludes halogenated alkanes) is 2. The van der Waals surface area contributed by atoms with Crippen LogP contribution in [0.3, 0.4) is 0 Å². The van der Waals surface area contributed by atoms with E-state index >= 15 is 0 Å².